The number of halogens is 5. The summed E-state index contributed by atoms with van der Waals surface area (Å²) < 4.78 is 66.4. The van der Waals surface area contributed by atoms with Crippen molar-refractivity contribution in [2.75, 3.05) is 6.61 Å². The molecule has 38 heavy (non-hydrogen) atoms. The maximum Gasteiger partial charge on any atom is 0.419 e. The third-order valence-corrected chi connectivity index (χ3v) is 6.19. The van der Waals surface area contributed by atoms with Crippen LogP contribution >= 0.6 is 15.9 Å². The molecule has 1 aromatic heterocycles. The molecule has 1 heterocycles. The number of alkyl carbamates (subject to hydrolysis) is 1. The van der Waals surface area contributed by atoms with Gasteiger partial charge >= 0.3 is 12.3 Å². The third kappa shape index (κ3) is 7.24. The molecule has 3 rings (SSSR count). The summed E-state index contributed by atoms with van der Waals surface area (Å²) in [6.07, 6.45) is -5.30. The van der Waals surface area contributed by atoms with Crippen LogP contribution in [0.15, 0.2) is 39.6 Å². The number of carbonyl (C=O) groups is 1. The molecule has 3 aromatic rings. The van der Waals surface area contributed by atoms with Gasteiger partial charge in [0.1, 0.15) is 23.0 Å². The summed E-state index contributed by atoms with van der Waals surface area (Å²) in [5, 5.41) is 2.73. The van der Waals surface area contributed by atoms with Gasteiger partial charge in [-0.15, -0.1) is 0 Å². The van der Waals surface area contributed by atoms with Crippen molar-refractivity contribution in [3.8, 4) is 5.75 Å². The molecule has 0 aliphatic carbocycles. The second kappa shape index (κ2) is 11.3. The first-order valence-electron chi connectivity index (χ1n) is 11.8. The zero-order valence-electron chi connectivity index (χ0n) is 21.4. The fourth-order valence-electron chi connectivity index (χ4n) is 3.70. The zero-order valence-corrected chi connectivity index (χ0v) is 23.0. The Hall–Kier alpha value is -3.15. The van der Waals surface area contributed by atoms with Crippen LogP contribution in [0, 0.1) is 5.82 Å². The third-order valence-electron chi connectivity index (χ3n) is 5.58. The number of benzene rings is 2. The van der Waals surface area contributed by atoms with E-state index in [9.17, 15) is 27.2 Å². The number of nitrogens with zero attached hydrogens (tertiary/aromatic N) is 1. The highest BCUT2D eigenvalue weighted by Gasteiger charge is 2.36. The molecule has 0 saturated heterocycles. The molecule has 0 aliphatic rings. The molecule has 1 unspecified atom stereocenters. The highest BCUT2D eigenvalue weighted by Crippen LogP contribution is 2.40. The number of hydrogen-bond donors (Lipinski definition) is 2. The molecule has 2 atom stereocenters. The van der Waals surface area contributed by atoms with E-state index < -0.39 is 52.5 Å². The van der Waals surface area contributed by atoms with E-state index in [2.05, 4.69) is 31.2 Å². The molecule has 0 radical (unpaired) electrons. The van der Waals surface area contributed by atoms with Gasteiger partial charge < -0.3 is 19.8 Å². The minimum atomic E-state index is -4.70. The number of hydrogen-bond acceptors (Lipinski definition) is 5. The second-order valence-corrected chi connectivity index (χ2v) is 10.7. The lowest BCUT2D eigenvalue weighted by atomic mass is 10.0. The summed E-state index contributed by atoms with van der Waals surface area (Å²) in [6.45, 7) is 8.10. The van der Waals surface area contributed by atoms with Gasteiger partial charge in [-0.1, -0.05) is 19.1 Å². The van der Waals surface area contributed by atoms with Gasteiger partial charge in [-0.25, -0.2) is 14.2 Å². The van der Waals surface area contributed by atoms with Gasteiger partial charge in [0.15, 0.2) is 0 Å². The number of para-hydroxylation sites is 1. The monoisotopic (exact) mass is 601 g/mol. The lowest BCUT2D eigenvalue weighted by Gasteiger charge is -2.24. The Morgan fingerprint density at radius 2 is 1.87 bits per heavy atom. The maximum absolute atomic E-state index is 14.0. The van der Waals surface area contributed by atoms with Gasteiger partial charge in [0.25, 0.3) is 5.56 Å². The number of ether oxygens (including phenoxy) is 2. The van der Waals surface area contributed by atoms with Crippen molar-refractivity contribution >= 4 is 32.9 Å². The molecular formula is C26H28BrF4N3O4. The van der Waals surface area contributed by atoms with E-state index in [1.165, 1.54) is 25.1 Å². The summed E-state index contributed by atoms with van der Waals surface area (Å²) in [5.74, 6) is -1.18. The maximum atomic E-state index is 14.0. The van der Waals surface area contributed by atoms with Crippen molar-refractivity contribution in [3.05, 3.63) is 67.9 Å². The molecule has 2 N–H and O–H groups in total. The highest BCUT2D eigenvalue weighted by atomic mass is 79.9. The largest absolute Gasteiger partial charge is 0.493 e. The van der Waals surface area contributed by atoms with Crippen LogP contribution in [0.25, 0.3) is 10.9 Å². The van der Waals surface area contributed by atoms with E-state index in [1.54, 1.807) is 27.7 Å². The molecule has 0 fully saturated rings. The number of rotatable bonds is 7. The van der Waals surface area contributed by atoms with E-state index in [0.717, 1.165) is 12.1 Å². The molecule has 0 aliphatic heterocycles. The summed E-state index contributed by atoms with van der Waals surface area (Å²) >= 11 is 3.03. The molecule has 206 valence electrons. The van der Waals surface area contributed by atoms with Gasteiger partial charge in [0.2, 0.25) is 0 Å². The number of amides is 1. The number of aromatic amines is 1. The molecule has 2 aromatic carbocycles. The Morgan fingerprint density at radius 1 is 1.18 bits per heavy atom. The second-order valence-electron chi connectivity index (χ2n) is 9.86. The topological polar surface area (TPSA) is 93.3 Å². The van der Waals surface area contributed by atoms with Crippen molar-refractivity contribution in [2.24, 2.45) is 0 Å². The summed E-state index contributed by atoms with van der Waals surface area (Å²) in [5.41, 5.74) is -1.96. The molecule has 0 bridgehead atoms. The van der Waals surface area contributed by atoms with E-state index in [1.807, 2.05) is 0 Å². The Bertz CT molecular complexity index is 1390. The predicted molar refractivity (Wildman–Crippen MR) is 138 cm³/mol. The first-order chi connectivity index (χ1) is 17.6. The minimum absolute atomic E-state index is 0.122. The van der Waals surface area contributed by atoms with Gasteiger partial charge in [-0.2, -0.15) is 13.2 Å². The first kappa shape index (κ1) is 29.4. The van der Waals surface area contributed by atoms with Crippen LogP contribution in [0.2, 0.25) is 0 Å². The van der Waals surface area contributed by atoms with E-state index in [0.29, 0.717) is 0 Å². The fourth-order valence-corrected chi connectivity index (χ4v) is 4.05. The van der Waals surface area contributed by atoms with Crippen LogP contribution in [-0.2, 0) is 10.9 Å². The van der Waals surface area contributed by atoms with E-state index in [-0.39, 0.29) is 39.8 Å². The molecule has 0 saturated carbocycles. The van der Waals surface area contributed by atoms with Crippen LogP contribution in [-0.4, -0.2) is 28.3 Å². The lowest BCUT2D eigenvalue weighted by molar-refractivity contribution is -0.139. The van der Waals surface area contributed by atoms with E-state index in [4.69, 9.17) is 9.47 Å². The number of fused-ring (bicyclic) bond motifs is 1. The van der Waals surface area contributed by atoms with Gasteiger partial charge in [-0.05, 0) is 62.2 Å². The molecule has 0 spiro atoms. The average molecular weight is 602 g/mol. The van der Waals surface area contributed by atoms with Crippen LogP contribution in [0.5, 0.6) is 5.75 Å². The summed E-state index contributed by atoms with van der Waals surface area (Å²) in [7, 11) is 0. The number of alkyl halides is 3. The Labute approximate surface area is 225 Å². The highest BCUT2D eigenvalue weighted by molar-refractivity contribution is 9.10. The van der Waals surface area contributed by atoms with Crippen molar-refractivity contribution in [2.45, 2.75) is 64.8 Å². The van der Waals surface area contributed by atoms with Crippen LogP contribution in [0.1, 0.15) is 70.0 Å². The fraction of sp³-hybridized carbons (Fsp3) is 0.423. The molecule has 12 heteroatoms. The van der Waals surface area contributed by atoms with Gasteiger partial charge in [0.05, 0.1) is 33.6 Å². The summed E-state index contributed by atoms with van der Waals surface area (Å²) in [6, 6.07) is 5.18. The smallest absolute Gasteiger partial charge is 0.419 e. The summed E-state index contributed by atoms with van der Waals surface area (Å²) in [4.78, 5) is 31.6. The minimum Gasteiger partial charge on any atom is -0.493 e. The Kier molecular flexibility index (Phi) is 8.75. The number of nitrogens with one attached hydrogen (secondary N) is 2. The van der Waals surface area contributed by atoms with Crippen molar-refractivity contribution < 1.29 is 31.8 Å². The number of carbonyl (C=O) groups excluding carboxylic acids is 1. The quantitative estimate of drug-likeness (QED) is 0.284. The SMILES string of the molecule is CC(CCOc1c([C@@H](C)NC(=O)OC(C)(C)C)cccc1C(F)(F)F)c1nc2cc(F)c(Br)cc2c(=O)[nH]1. The molecule has 7 nitrogen and oxygen atoms in total. The van der Waals surface area contributed by atoms with Crippen LogP contribution in [0.4, 0.5) is 22.4 Å². The Balaban J connectivity index is 1.82. The Morgan fingerprint density at radius 3 is 2.50 bits per heavy atom. The van der Waals surface area contributed by atoms with Crippen molar-refractivity contribution in [1.82, 2.24) is 15.3 Å². The van der Waals surface area contributed by atoms with Gasteiger partial charge in [-0.3, -0.25) is 4.79 Å². The number of H-pyrrole nitrogens is 1. The first-order valence-corrected chi connectivity index (χ1v) is 12.6. The van der Waals surface area contributed by atoms with Crippen LogP contribution < -0.4 is 15.6 Å². The van der Waals surface area contributed by atoms with Crippen molar-refractivity contribution in [3.63, 3.8) is 0 Å². The normalized spacial score (nSPS) is 13.7. The predicted octanol–water partition coefficient (Wildman–Crippen LogP) is 7.00. The molecular weight excluding hydrogens is 574 g/mol. The van der Waals surface area contributed by atoms with Gasteiger partial charge in [0, 0.05) is 17.5 Å². The number of aromatic nitrogens is 2. The zero-order chi connectivity index (χ0) is 28.4. The molecule has 1 amide bonds. The van der Waals surface area contributed by atoms with E-state index >= 15 is 0 Å². The lowest BCUT2D eigenvalue weighted by Crippen LogP contribution is -2.34. The average Bonchev–Trinajstić information content (AvgIpc) is 2.78. The van der Waals surface area contributed by atoms with Crippen LogP contribution in [0.3, 0.4) is 0 Å². The standard InChI is InChI=1S/C26H28BrF4N3O4/c1-13(22-33-20-12-19(28)18(27)11-16(20)23(35)34-22)9-10-37-21-15(7-6-8-17(21)26(29,30)31)14(2)32-24(36)38-25(3,4)5/h6-8,11-14H,9-10H2,1-5H3,(H,32,36)(H,33,34,35)/t13?,14-/m1/s1. The van der Waals surface area contributed by atoms with Crippen molar-refractivity contribution in [1.29, 1.82) is 0 Å².